The van der Waals surface area contributed by atoms with Crippen LogP contribution in [0.3, 0.4) is 0 Å². The number of carbonyl (C=O) groups is 1. The number of para-hydroxylation sites is 3. The zero-order valence-electron chi connectivity index (χ0n) is 19.0. The van der Waals surface area contributed by atoms with Gasteiger partial charge in [-0.05, 0) is 49.4 Å². The Kier molecular flexibility index (Phi) is 7.64. The van der Waals surface area contributed by atoms with Gasteiger partial charge in [0.25, 0.3) is 5.91 Å². The Morgan fingerprint density at radius 2 is 1.56 bits per heavy atom. The van der Waals surface area contributed by atoms with Crippen LogP contribution in [0.5, 0.6) is 5.75 Å². The van der Waals surface area contributed by atoms with Gasteiger partial charge in [-0.1, -0.05) is 48.5 Å². The molecule has 1 N–H and O–H groups in total. The molecule has 0 aliphatic rings. The lowest BCUT2D eigenvalue weighted by molar-refractivity contribution is 0.0955. The Morgan fingerprint density at radius 1 is 0.912 bits per heavy atom. The summed E-state index contributed by atoms with van der Waals surface area (Å²) in [6, 6.07) is 29.7. The minimum Gasteiger partial charge on any atom is -0.493 e. The van der Waals surface area contributed by atoms with Crippen LogP contribution in [0.2, 0.25) is 0 Å². The molecule has 4 rings (SSSR count). The van der Waals surface area contributed by atoms with E-state index in [1.807, 2.05) is 55.5 Å². The summed E-state index contributed by atoms with van der Waals surface area (Å²) in [7, 11) is 0. The van der Waals surface area contributed by atoms with Crippen LogP contribution in [0.25, 0.3) is 0 Å². The summed E-state index contributed by atoms with van der Waals surface area (Å²) in [5.74, 6) is 0.441. The highest BCUT2D eigenvalue weighted by Gasteiger charge is 2.15. The largest absolute Gasteiger partial charge is 0.493 e. The third-order valence-corrected chi connectivity index (χ3v) is 5.19. The summed E-state index contributed by atoms with van der Waals surface area (Å²) in [6.07, 6.45) is 4.75. The lowest BCUT2D eigenvalue weighted by Crippen LogP contribution is -2.18. The number of amides is 1. The Balaban J connectivity index is 1.61. The Morgan fingerprint density at radius 3 is 2.18 bits per heavy atom. The number of hydrogen-bond donors (Lipinski definition) is 1. The molecular weight excluding hydrogens is 424 g/mol. The van der Waals surface area contributed by atoms with Crippen LogP contribution in [0.15, 0.2) is 108 Å². The van der Waals surface area contributed by atoms with Gasteiger partial charge in [-0.2, -0.15) is 5.10 Å². The van der Waals surface area contributed by atoms with E-state index in [0.29, 0.717) is 18.7 Å². The Labute approximate surface area is 199 Å². The van der Waals surface area contributed by atoms with Crippen molar-refractivity contribution in [2.45, 2.75) is 13.5 Å². The quantitative estimate of drug-likeness (QED) is 0.267. The van der Waals surface area contributed by atoms with Gasteiger partial charge in [0.2, 0.25) is 0 Å². The van der Waals surface area contributed by atoms with Crippen LogP contribution in [0.1, 0.15) is 28.4 Å². The number of hydrazone groups is 1. The average Bonchev–Trinajstić information content (AvgIpc) is 2.90. The molecule has 34 heavy (non-hydrogen) atoms. The molecule has 0 aliphatic carbocycles. The number of aromatic nitrogens is 1. The molecule has 1 aromatic heterocycles. The van der Waals surface area contributed by atoms with Gasteiger partial charge in [-0.25, -0.2) is 5.43 Å². The van der Waals surface area contributed by atoms with Gasteiger partial charge in [-0.15, -0.1) is 0 Å². The zero-order chi connectivity index (χ0) is 23.6. The first-order valence-corrected chi connectivity index (χ1v) is 11.1. The topological polar surface area (TPSA) is 66.8 Å². The second kappa shape index (κ2) is 11.4. The maximum atomic E-state index is 12.3. The van der Waals surface area contributed by atoms with Crippen LogP contribution in [-0.4, -0.2) is 23.7 Å². The second-order valence-corrected chi connectivity index (χ2v) is 7.46. The van der Waals surface area contributed by atoms with Crippen molar-refractivity contribution < 1.29 is 9.53 Å². The fourth-order valence-electron chi connectivity index (χ4n) is 3.60. The van der Waals surface area contributed by atoms with Gasteiger partial charge in [0.05, 0.1) is 19.4 Å². The summed E-state index contributed by atoms with van der Waals surface area (Å²) in [5, 5.41) is 4.16. The van der Waals surface area contributed by atoms with Crippen molar-refractivity contribution in [2.24, 2.45) is 5.10 Å². The zero-order valence-corrected chi connectivity index (χ0v) is 19.0. The van der Waals surface area contributed by atoms with Gasteiger partial charge < -0.3 is 9.64 Å². The standard InChI is InChI=1S/C28H26N4O2/c1-2-34-27-23(20-30-31-28(33)22-16-18-29-19-17-22)10-9-11-24(27)21-32(25-12-5-3-6-13-25)26-14-7-4-8-15-26/h3-20H,2,21H2,1H3,(H,31,33)/b30-20-. The van der Waals surface area contributed by atoms with E-state index in [0.717, 1.165) is 28.3 Å². The van der Waals surface area contributed by atoms with E-state index in [4.69, 9.17) is 4.74 Å². The predicted octanol–water partition coefficient (Wildman–Crippen LogP) is 5.58. The third-order valence-electron chi connectivity index (χ3n) is 5.19. The van der Waals surface area contributed by atoms with Crippen LogP contribution in [-0.2, 0) is 6.54 Å². The summed E-state index contributed by atoms with van der Waals surface area (Å²) in [6.45, 7) is 3.07. The molecule has 0 bridgehead atoms. The fraction of sp³-hybridized carbons (Fsp3) is 0.107. The minimum absolute atomic E-state index is 0.299. The van der Waals surface area contributed by atoms with Crippen molar-refractivity contribution in [3.63, 3.8) is 0 Å². The highest BCUT2D eigenvalue weighted by Crippen LogP contribution is 2.31. The van der Waals surface area contributed by atoms with Gasteiger partial charge in [0, 0.05) is 40.5 Å². The van der Waals surface area contributed by atoms with E-state index >= 15 is 0 Å². The summed E-state index contributed by atoms with van der Waals surface area (Å²) in [5.41, 5.74) is 7.03. The lowest BCUT2D eigenvalue weighted by atomic mass is 10.1. The molecule has 4 aromatic rings. The molecule has 0 aliphatic heterocycles. The highest BCUT2D eigenvalue weighted by atomic mass is 16.5. The first-order chi connectivity index (χ1) is 16.8. The number of nitrogens with zero attached hydrogens (tertiary/aromatic N) is 3. The van der Waals surface area contributed by atoms with Crippen molar-refractivity contribution in [1.82, 2.24) is 10.4 Å². The fourth-order valence-corrected chi connectivity index (χ4v) is 3.60. The Hall–Kier alpha value is -4.45. The van der Waals surface area contributed by atoms with E-state index < -0.39 is 0 Å². The maximum Gasteiger partial charge on any atom is 0.271 e. The first kappa shape index (κ1) is 22.7. The van der Waals surface area contributed by atoms with Crippen LogP contribution in [0, 0.1) is 0 Å². The van der Waals surface area contributed by atoms with Crippen molar-refractivity contribution in [1.29, 1.82) is 0 Å². The monoisotopic (exact) mass is 450 g/mol. The normalized spacial score (nSPS) is 10.7. The highest BCUT2D eigenvalue weighted by molar-refractivity contribution is 5.95. The molecule has 1 amide bonds. The van der Waals surface area contributed by atoms with Gasteiger partial charge in [0.15, 0.2) is 0 Å². The SMILES string of the molecule is CCOc1c(/C=N\NC(=O)c2ccncc2)cccc1CN(c1ccccc1)c1ccccc1. The number of carbonyl (C=O) groups excluding carboxylic acids is 1. The van der Waals surface area contributed by atoms with Gasteiger partial charge in [0.1, 0.15) is 5.75 Å². The van der Waals surface area contributed by atoms with E-state index in [-0.39, 0.29) is 5.91 Å². The molecule has 0 fully saturated rings. The number of benzene rings is 3. The van der Waals surface area contributed by atoms with Gasteiger partial charge in [-0.3, -0.25) is 9.78 Å². The molecular formula is C28H26N4O2. The summed E-state index contributed by atoms with van der Waals surface area (Å²) in [4.78, 5) is 18.4. The molecule has 170 valence electrons. The number of rotatable bonds is 9. The number of ether oxygens (including phenoxy) is 1. The number of anilines is 2. The van der Waals surface area contributed by atoms with E-state index in [1.165, 1.54) is 0 Å². The number of hydrogen-bond acceptors (Lipinski definition) is 5. The van der Waals surface area contributed by atoms with Gasteiger partial charge >= 0.3 is 0 Å². The molecule has 0 atom stereocenters. The molecule has 0 unspecified atom stereocenters. The minimum atomic E-state index is -0.299. The smallest absolute Gasteiger partial charge is 0.271 e. The van der Waals surface area contributed by atoms with E-state index in [2.05, 4.69) is 50.7 Å². The third kappa shape index (κ3) is 5.66. The van der Waals surface area contributed by atoms with Crippen LogP contribution in [0.4, 0.5) is 11.4 Å². The van der Waals surface area contributed by atoms with Crippen molar-refractivity contribution in [3.05, 3.63) is 120 Å². The maximum absolute atomic E-state index is 12.3. The molecule has 0 saturated heterocycles. The second-order valence-electron chi connectivity index (χ2n) is 7.46. The van der Waals surface area contributed by atoms with E-state index in [1.54, 1.807) is 30.7 Å². The number of nitrogens with one attached hydrogen (secondary N) is 1. The van der Waals surface area contributed by atoms with Crippen LogP contribution < -0.4 is 15.1 Å². The summed E-state index contributed by atoms with van der Waals surface area (Å²) < 4.78 is 6.04. The van der Waals surface area contributed by atoms with Crippen molar-refractivity contribution >= 4 is 23.5 Å². The first-order valence-electron chi connectivity index (χ1n) is 11.1. The molecule has 3 aromatic carbocycles. The van der Waals surface area contributed by atoms with Crippen molar-refractivity contribution in [3.8, 4) is 5.75 Å². The number of pyridine rings is 1. The molecule has 1 heterocycles. The van der Waals surface area contributed by atoms with E-state index in [9.17, 15) is 4.79 Å². The Bertz CT molecular complexity index is 1190. The average molecular weight is 451 g/mol. The molecule has 6 nitrogen and oxygen atoms in total. The predicted molar refractivity (Wildman–Crippen MR) is 136 cm³/mol. The summed E-state index contributed by atoms with van der Waals surface area (Å²) >= 11 is 0. The lowest BCUT2D eigenvalue weighted by Gasteiger charge is -2.26. The molecule has 0 radical (unpaired) electrons. The molecule has 6 heteroatoms. The molecule has 0 spiro atoms. The van der Waals surface area contributed by atoms with Crippen LogP contribution >= 0.6 is 0 Å². The van der Waals surface area contributed by atoms with Crippen molar-refractivity contribution in [2.75, 3.05) is 11.5 Å². The molecule has 0 saturated carbocycles.